The SMILES string of the molecule is O=C1CC(CS(=O)(=O)F)CN1c1ccncc1. The lowest BCUT2D eigenvalue weighted by Gasteiger charge is -2.15. The average Bonchev–Trinajstić information content (AvgIpc) is 2.58. The molecule has 5 nitrogen and oxygen atoms in total. The van der Waals surface area contributed by atoms with Crippen molar-refractivity contribution in [2.45, 2.75) is 6.42 Å². The molecule has 0 spiro atoms. The highest BCUT2D eigenvalue weighted by Gasteiger charge is 2.33. The highest BCUT2D eigenvalue weighted by Crippen LogP contribution is 2.25. The molecule has 1 aromatic rings. The lowest BCUT2D eigenvalue weighted by Crippen LogP contribution is -2.25. The summed E-state index contributed by atoms with van der Waals surface area (Å²) in [7, 11) is -4.53. The van der Waals surface area contributed by atoms with E-state index >= 15 is 0 Å². The normalized spacial score (nSPS) is 20.9. The minimum Gasteiger partial charge on any atom is -0.312 e. The van der Waals surface area contributed by atoms with E-state index in [0.29, 0.717) is 5.69 Å². The summed E-state index contributed by atoms with van der Waals surface area (Å²) < 4.78 is 33.6. The summed E-state index contributed by atoms with van der Waals surface area (Å²) in [6, 6.07) is 3.31. The number of hydrogen-bond donors (Lipinski definition) is 0. The number of carbonyl (C=O) groups excluding carboxylic acids is 1. The van der Waals surface area contributed by atoms with Crippen molar-refractivity contribution in [2.75, 3.05) is 17.2 Å². The number of hydrogen-bond acceptors (Lipinski definition) is 4. The van der Waals surface area contributed by atoms with Crippen molar-refractivity contribution in [3.05, 3.63) is 24.5 Å². The second-order valence-electron chi connectivity index (χ2n) is 3.99. The molecule has 7 heteroatoms. The Hall–Kier alpha value is -1.50. The van der Waals surface area contributed by atoms with Crippen molar-refractivity contribution in [1.29, 1.82) is 0 Å². The maximum absolute atomic E-state index is 12.5. The molecule has 1 amide bonds. The Morgan fingerprint density at radius 3 is 2.65 bits per heavy atom. The van der Waals surface area contributed by atoms with Gasteiger partial charge in [-0.3, -0.25) is 9.78 Å². The van der Waals surface area contributed by atoms with Gasteiger partial charge in [0, 0.05) is 37.0 Å². The second-order valence-corrected chi connectivity index (χ2v) is 5.40. The van der Waals surface area contributed by atoms with Gasteiger partial charge in [-0.15, -0.1) is 3.89 Å². The van der Waals surface area contributed by atoms with Crippen LogP contribution in [-0.4, -0.2) is 31.6 Å². The Balaban J connectivity index is 2.11. The van der Waals surface area contributed by atoms with Gasteiger partial charge in [-0.1, -0.05) is 0 Å². The van der Waals surface area contributed by atoms with Gasteiger partial charge < -0.3 is 4.90 Å². The number of anilines is 1. The van der Waals surface area contributed by atoms with Gasteiger partial charge in [0.2, 0.25) is 5.91 Å². The standard InChI is InChI=1S/C10H11FN2O3S/c11-17(15,16)7-8-5-10(14)13(6-8)9-1-3-12-4-2-9/h1-4,8H,5-7H2. The Morgan fingerprint density at radius 1 is 1.41 bits per heavy atom. The van der Waals surface area contributed by atoms with E-state index in [-0.39, 0.29) is 18.9 Å². The molecular formula is C10H11FN2O3S. The van der Waals surface area contributed by atoms with E-state index in [1.165, 1.54) is 4.90 Å². The van der Waals surface area contributed by atoms with E-state index < -0.39 is 21.9 Å². The molecule has 1 saturated heterocycles. The van der Waals surface area contributed by atoms with Crippen LogP contribution in [0.4, 0.5) is 9.57 Å². The number of nitrogens with zero attached hydrogens (tertiary/aromatic N) is 2. The quantitative estimate of drug-likeness (QED) is 0.750. The summed E-state index contributed by atoms with van der Waals surface area (Å²) in [5.41, 5.74) is 0.656. The lowest BCUT2D eigenvalue weighted by atomic mass is 10.1. The minimum absolute atomic E-state index is 0.0610. The fourth-order valence-electron chi connectivity index (χ4n) is 1.95. The summed E-state index contributed by atoms with van der Waals surface area (Å²) in [4.78, 5) is 16.9. The number of amides is 1. The van der Waals surface area contributed by atoms with Crippen molar-refractivity contribution in [2.24, 2.45) is 5.92 Å². The van der Waals surface area contributed by atoms with Gasteiger partial charge in [0.25, 0.3) is 0 Å². The molecule has 2 heterocycles. The first-order valence-electron chi connectivity index (χ1n) is 5.08. The largest absolute Gasteiger partial charge is 0.312 e. The van der Waals surface area contributed by atoms with Crippen LogP contribution in [0.15, 0.2) is 24.5 Å². The van der Waals surface area contributed by atoms with Crippen molar-refractivity contribution in [1.82, 2.24) is 4.98 Å². The topological polar surface area (TPSA) is 67.3 Å². The summed E-state index contributed by atoms with van der Waals surface area (Å²) in [5, 5.41) is 0. The molecule has 2 rings (SSSR count). The van der Waals surface area contributed by atoms with Crippen molar-refractivity contribution in [3.63, 3.8) is 0 Å². The Bertz CT molecular complexity index is 518. The second kappa shape index (κ2) is 4.40. The molecule has 0 radical (unpaired) electrons. The van der Waals surface area contributed by atoms with E-state index in [1.54, 1.807) is 24.5 Å². The van der Waals surface area contributed by atoms with Gasteiger partial charge in [0.05, 0.1) is 5.75 Å². The molecule has 0 bridgehead atoms. The van der Waals surface area contributed by atoms with E-state index in [2.05, 4.69) is 4.98 Å². The predicted octanol–water partition coefficient (Wildman–Crippen LogP) is 0.734. The van der Waals surface area contributed by atoms with Crippen LogP contribution in [-0.2, 0) is 15.0 Å². The van der Waals surface area contributed by atoms with Gasteiger partial charge in [-0.05, 0) is 12.1 Å². The molecule has 0 aromatic carbocycles. The van der Waals surface area contributed by atoms with Gasteiger partial charge in [-0.25, -0.2) is 0 Å². The first kappa shape index (κ1) is 12.0. The van der Waals surface area contributed by atoms with Crippen LogP contribution in [0.1, 0.15) is 6.42 Å². The molecule has 0 N–H and O–H groups in total. The van der Waals surface area contributed by atoms with Crippen LogP contribution in [0.5, 0.6) is 0 Å². The first-order chi connectivity index (χ1) is 7.96. The van der Waals surface area contributed by atoms with Crippen LogP contribution < -0.4 is 4.90 Å². The molecule has 92 valence electrons. The van der Waals surface area contributed by atoms with E-state index in [1.807, 2.05) is 0 Å². The summed E-state index contributed by atoms with van der Waals surface area (Å²) in [5.74, 6) is -1.27. The monoisotopic (exact) mass is 258 g/mol. The van der Waals surface area contributed by atoms with E-state index in [0.717, 1.165) is 0 Å². The summed E-state index contributed by atoms with van der Waals surface area (Å²) >= 11 is 0. The highest BCUT2D eigenvalue weighted by atomic mass is 32.3. The molecule has 0 aliphatic carbocycles. The molecule has 1 atom stereocenters. The average molecular weight is 258 g/mol. The molecule has 1 aliphatic rings. The number of halogens is 1. The van der Waals surface area contributed by atoms with Crippen LogP contribution in [0.2, 0.25) is 0 Å². The number of carbonyl (C=O) groups is 1. The smallest absolute Gasteiger partial charge is 0.302 e. The third-order valence-electron chi connectivity index (χ3n) is 2.61. The van der Waals surface area contributed by atoms with Gasteiger partial charge >= 0.3 is 10.2 Å². The Kier molecular flexibility index (Phi) is 3.10. The van der Waals surface area contributed by atoms with Gasteiger partial charge in [0.1, 0.15) is 0 Å². The third kappa shape index (κ3) is 3.00. The lowest BCUT2D eigenvalue weighted by molar-refractivity contribution is -0.117. The van der Waals surface area contributed by atoms with Crippen LogP contribution in [0.3, 0.4) is 0 Å². The number of rotatable bonds is 3. The molecule has 17 heavy (non-hydrogen) atoms. The number of pyridine rings is 1. The third-order valence-corrected chi connectivity index (χ3v) is 3.48. The summed E-state index contributed by atoms with van der Waals surface area (Å²) in [6.45, 7) is 0.228. The fourth-order valence-corrected chi connectivity index (χ4v) is 2.73. The molecule has 1 aliphatic heterocycles. The van der Waals surface area contributed by atoms with Crippen LogP contribution >= 0.6 is 0 Å². The zero-order valence-electron chi connectivity index (χ0n) is 8.91. The predicted molar refractivity (Wildman–Crippen MR) is 59.6 cm³/mol. The maximum atomic E-state index is 12.5. The molecule has 1 aromatic heterocycles. The molecule has 1 unspecified atom stereocenters. The van der Waals surface area contributed by atoms with E-state index in [9.17, 15) is 17.1 Å². The molecule has 1 fully saturated rings. The zero-order chi connectivity index (χ0) is 12.5. The minimum atomic E-state index is -4.53. The highest BCUT2D eigenvalue weighted by molar-refractivity contribution is 7.86. The van der Waals surface area contributed by atoms with Crippen LogP contribution in [0.25, 0.3) is 0 Å². The summed E-state index contributed by atoms with van der Waals surface area (Å²) in [6.07, 6.45) is 3.15. The zero-order valence-corrected chi connectivity index (χ0v) is 9.73. The van der Waals surface area contributed by atoms with Crippen molar-refractivity contribution >= 4 is 21.8 Å². The van der Waals surface area contributed by atoms with Gasteiger partial charge in [0.15, 0.2) is 0 Å². The molecular weight excluding hydrogens is 247 g/mol. The Labute approximate surface area is 98.5 Å². The van der Waals surface area contributed by atoms with Gasteiger partial charge in [-0.2, -0.15) is 8.42 Å². The maximum Gasteiger partial charge on any atom is 0.302 e. The van der Waals surface area contributed by atoms with E-state index in [4.69, 9.17) is 0 Å². The van der Waals surface area contributed by atoms with Crippen molar-refractivity contribution < 1.29 is 17.1 Å². The Morgan fingerprint density at radius 2 is 2.06 bits per heavy atom. The van der Waals surface area contributed by atoms with Crippen LogP contribution in [0, 0.1) is 5.92 Å². The number of aromatic nitrogens is 1. The van der Waals surface area contributed by atoms with Crippen molar-refractivity contribution in [3.8, 4) is 0 Å². The molecule has 0 saturated carbocycles. The first-order valence-corrected chi connectivity index (χ1v) is 6.64. The fraction of sp³-hybridized carbons (Fsp3) is 0.400.